The van der Waals surface area contributed by atoms with Crippen molar-refractivity contribution < 1.29 is 9.90 Å². The largest absolute Gasteiger partial charge is 0.478 e. The SMILES string of the molecule is C=CC=C.C=CC=CC(=O)O.C=Cc1ccccc1.C=Cc1ccccc1. The molecule has 0 aliphatic carbocycles. The van der Waals surface area contributed by atoms with Gasteiger partial charge in [0.05, 0.1) is 0 Å². The van der Waals surface area contributed by atoms with Crippen molar-refractivity contribution in [2.75, 3.05) is 0 Å². The maximum Gasteiger partial charge on any atom is 0.328 e. The molecule has 140 valence electrons. The maximum atomic E-state index is 9.62. The summed E-state index contributed by atoms with van der Waals surface area (Å²) in [5, 5.41) is 7.91. The lowest BCUT2D eigenvalue weighted by molar-refractivity contribution is -0.131. The van der Waals surface area contributed by atoms with Crippen molar-refractivity contribution in [2.24, 2.45) is 0 Å². The Morgan fingerprint density at radius 3 is 1.19 bits per heavy atom. The number of hydrogen-bond donors (Lipinski definition) is 1. The third kappa shape index (κ3) is 20.3. The minimum Gasteiger partial charge on any atom is -0.478 e. The summed E-state index contributed by atoms with van der Waals surface area (Å²) in [5.41, 5.74) is 2.35. The lowest BCUT2D eigenvalue weighted by atomic mass is 10.2. The van der Waals surface area contributed by atoms with Crippen LogP contribution in [-0.4, -0.2) is 11.1 Å². The molecule has 27 heavy (non-hydrogen) atoms. The van der Waals surface area contributed by atoms with E-state index in [-0.39, 0.29) is 0 Å². The Morgan fingerprint density at radius 2 is 1.04 bits per heavy atom. The predicted octanol–water partition coefficient (Wildman–Crippen LogP) is 6.83. The van der Waals surface area contributed by atoms with E-state index in [9.17, 15) is 4.79 Å². The van der Waals surface area contributed by atoms with Crippen LogP contribution in [0, 0.1) is 0 Å². The van der Waals surface area contributed by atoms with Crippen molar-refractivity contribution in [1.29, 1.82) is 0 Å². The highest BCUT2D eigenvalue weighted by Crippen LogP contribution is 1.98. The first-order valence-electron chi connectivity index (χ1n) is 8.16. The van der Waals surface area contributed by atoms with Gasteiger partial charge >= 0.3 is 5.97 Å². The molecule has 2 rings (SSSR count). The number of rotatable bonds is 5. The highest BCUT2D eigenvalue weighted by Gasteiger charge is 1.78. The highest BCUT2D eigenvalue weighted by atomic mass is 16.4. The molecule has 0 bridgehead atoms. The van der Waals surface area contributed by atoms with Gasteiger partial charge in [-0.05, 0) is 11.1 Å². The molecule has 2 heteroatoms. The number of carbonyl (C=O) groups is 1. The van der Waals surface area contributed by atoms with E-state index in [1.165, 1.54) is 23.3 Å². The Morgan fingerprint density at radius 1 is 0.667 bits per heavy atom. The molecule has 2 aromatic rings. The molecule has 0 fully saturated rings. The Balaban J connectivity index is 0. The van der Waals surface area contributed by atoms with E-state index in [0.717, 1.165) is 6.08 Å². The third-order valence-corrected chi connectivity index (χ3v) is 2.61. The Labute approximate surface area is 163 Å². The van der Waals surface area contributed by atoms with Gasteiger partial charge in [-0.25, -0.2) is 4.79 Å². The summed E-state index contributed by atoms with van der Waals surface area (Å²) in [6.07, 6.45) is 10.7. The highest BCUT2D eigenvalue weighted by molar-refractivity contribution is 5.80. The molecule has 0 saturated heterocycles. The molecule has 0 aromatic heterocycles. The topological polar surface area (TPSA) is 37.3 Å². The predicted molar refractivity (Wildman–Crippen MR) is 120 cm³/mol. The fraction of sp³-hybridized carbons (Fsp3) is 0. The summed E-state index contributed by atoms with van der Waals surface area (Å²) >= 11 is 0. The molecule has 2 aromatic carbocycles. The fourth-order valence-electron chi connectivity index (χ4n) is 1.33. The molecule has 0 aliphatic rings. The fourth-order valence-corrected chi connectivity index (χ4v) is 1.33. The minimum absolute atomic E-state index is 0.945. The van der Waals surface area contributed by atoms with E-state index >= 15 is 0 Å². The summed E-state index contributed by atoms with van der Waals surface area (Å²) in [4.78, 5) is 9.62. The summed E-state index contributed by atoms with van der Waals surface area (Å²) in [6.45, 7) is 17.3. The molecule has 0 atom stereocenters. The number of carboxylic acids is 1. The summed E-state index contributed by atoms with van der Waals surface area (Å²) in [6, 6.07) is 20.1. The number of allylic oxidation sites excluding steroid dienone is 4. The van der Waals surface area contributed by atoms with Gasteiger partial charge in [0.15, 0.2) is 0 Å². The van der Waals surface area contributed by atoms with Crippen molar-refractivity contribution in [3.63, 3.8) is 0 Å². The van der Waals surface area contributed by atoms with Crippen LogP contribution in [0.5, 0.6) is 0 Å². The van der Waals surface area contributed by atoms with Crippen LogP contribution in [0.2, 0.25) is 0 Å². The van der Waals surface area contributed by atoms with Gasteiger partial charge in [-0.3, -0.25) is 0 Å². The smallest absolute Gasteiger partial charge is 0.328 e. The second-order valence-electron chi connectivity index (χ2n) is 4.63. The number of carboxylic acid groups (broad SMARTS) is 1. The summed E-state index contributed by atoms with van der Waals surface area (Å²) in [5.74, 6) is -0.945. The van der Waals surface area contributed by atoms with Crippen molar-refractivity contribution in [1.82, 2.24) is 0 Å². The van der Waals surface area contributed by atoms with E-state index in [4.69, 9.17) is 5.11 Å². The average molecular weight is 360 g/mol. The van der Waals surface area contributed by atoms with Gasteiger partial charge in [0.1, 0.15) is 0 Å². The molecule has 0 saturated carbocycles. The lowest BCUT2D eigenvalue weighted by Crippen LogP contribution is -1.83. The van der Waals surface area contributed by atoms with Crippen LogP contribution in [0.3, 0.4) is 0 Å². The average Bonchev–Trinajstić information content (AvgIpc) is 2.74. The van der Waals surface area contributed by atoms with Crippen molar-refractivity contribution in [2.45, 2.75) is 0 Å². The molecule has 0 spiro atoms. The molecule has 0 aliphatic heterocycles. The minimum atomic E-state index is -0.945. The maximum absolute atomic E-state index is 9.62. The zero-order valence-corrected chi connectivity index (χ0v) is 15.7. The van der Waals surface area contributed by atoms with E-state index in [2.05, 4.69) is 32.9 Å². The molecule has 2 nitrogen and oxygen atoms in total. The first-order chi connectivity index (χ1) is 13.0. The Hall–Kier alpha value is -3.65. The first-order valence-corrected chi connectivity index (χ1v) is 8.16. The number of aliphatic carboxylic acids is 1. The third-order valence-electron chi connectivity index (χ3n) is 2.61. The van der Waals surface area contributed by atoms with Crippen LogP contribution in [0.1, 0.15) is 11.1 Å². The van der Waals surface area contributed by atoms with Gasteiger partial charge < -0.3 is 5.11 Å². The van der Waals surface area contributed by atoms with E-state index in [1.807, 2.05) is 72.8 Å². The molecular formula is C25H28O2. The normalized spacial score (nSPS) is 8.15. The molecule has 0 amide bonds. The van der Waals surface area contributed by atoms with Gasteiger partial charge in [0.2, 0.25) is 0 Å². The van der Waals surface area contributed by atoms with Crippen LogP contribution in [0.25, 0.3) is 12.2 Å². The zero-order chi connectivity index (χ0) is 20.8. The van der Waals surface area contributed by atoms with E-state index in [0.29, 0.717) is 0 Å². The monoisotopic (exact) mass is 360 g/mol. The van der Waals surface area contributed by atoms with Crippen molar-refractivity contribution in [3.8, 4) is 0 Å². The standard InChI is InChI=1S/2C8H8.C5H6O2.C4H6/c2*1-2-8-6-4-3-5-7-8;1-2-3-4-5(6)7;1-3-4-2/h2*2-7H,1H2;2-4H,1H2,(H,6,7);3-4H,1-2H2. The van der Waals surface area contributed by atoms with E-state index in [1.54, 1.807) is 12.2 Å². The molecule has 0 heterocycles. The van der Waals surface area contributed by atoms with Crippen LogP contribution < -0.4 is 0 Å². The van der Waals surface area contributed by atoms with Crippen LogP contribution in [0.15, 0.2) is 124 Å². The molecule has 0 radical (unpaired) electrons. The van der Waals surface area contributed by atoms with Gasteiger partial charge in [-0.2, -0.15) is 0 Å². The van der Waals surface area contributed by atoms with Crippen LogP contribution >= 0.6 is 0 Å². The summed E-state index contributed by atoms with van der Waals surface area (Å²) < 4.78 is 0. The molecular weight excluding hydrogens is 332 g/mol. The number of hydrogen-bond acceptors (Lipinski definition) is 1. The van der Waals surface area contributed by atoms with Crippen LogP contribution in [-0.2, 0) is 4.79 Å². The first kappa shape index (κ1) is 25.6. The van der Waals surface area contributed by atoms with Gasteiger partial charge in [-0.15, -0.1) is 0 Å². The van der Waals surface area contributed by atoms with Crippen LogP contribution in [0.4, 0.5) is 0 Å². The molecule has 0 unspecified atom stereocenters. The van der Waals surface area contributed by atoms with Crippen molar-refractivity contribution >= 4 is 18.1 Å². The lowest BCUT2D eigenvalue weighted by Gasteiger charge is -1.85. The Bertz CT molecular complexity index is 646. The van der Waals surface area contributed by atoms with E-state index < -0.39 is 5.97 Å². The molecule has 1 N–H and O–H groups in total. The summed E-state index contributed by atoms with van der Waals surface area (Å²) in [7, 11) is 0. The zero-order valence-electron chi connectivity index (χ0n) is 15.7. The van der Waals surface area contributed by atoms with Gasteiger partial charge in [0.25, 0.3) is 0 Å². The Kier molecular flexibility index (Phi) is 19.3. The van der Waals surface area contributed by atoms with Gasteiger partial charge in [-0.1, -0.05) is 130 Å². The second kappa shape index (κ2) is 20.4. The van der Waals surface area contributed by atoms with Crippen molar-refractivity contribution in [3.05, 3.63) is 135 Å². The number of benzene rings is 2. The quantitative estimate of drug-likeness (QED) is 0.468. The van der Waals surface area contributed by atoms with Gasteiger partial charge in [0, 0.05) is 6.08 Å². The second-order valence-corrected chi connectivity index (χ2v) is 4.63.